The summed E-state index contributed by atoms with van der Waals surface area (Å²) in [5.41, 5.74) is 3.24. The summed E-state index contributed by atoms with van der Waals surface area (Å²) in [4.78, 5) is 26.9. The molecule has 0 spiro atoms. The molecular weight excluding hydrogens is 557 g/mol. The first-order valence-corrected chi connectivity index (χ1v) is 31.1. The Labute approximate surface area is 252 Å². The van der Waals surface area contributed by atoms with E-state index in [2.05, 4.69) is 89.2 Å². The van der Waals surface area contributed by atoms with Gasteiger partial charge in [-0.05, 0) is 73.5 Å². The minimum absolute atomic E-state index is 0.0869. The van der Waals surface area contributed by atoms with E-state index in [1.165, 1.54) is 38.5 Å². The molecule has 2 N–H and O–H groups in total. The molecule has 2 amide bonds. The van der Waals surface area contributed by atoms with Gasteiger partial charge in [-0.25, -0.2) is 0 Å². The minimum atomic E-state index is -1.25. The molecule has 3 saturated carbocycles. The Morgan fingerprint density at radius 2 is 0.650 bits per heavy atom. The molecule has 40 heavy (non-hydrogen) atoms. The van der Waals surface area contributed by atoms with Crippen LogP contribution in [0.15, 0.2) is 0 Å². The SMILES string of the molecule is C[Si](C)(C)C1CC(NC(=O)C2CCC(C(=O)NC3CC([Si](C)(C)C)CC([Si](C)(C)C)C3)CC2)CC([Si](C)(C)C)C1. The monoisotopic (exact) mass is 622 g/mol. The van der Waals surface area contributed by atoms with Gasteiger partial charge in [0.2, 0.25) is 11.8 Å². The Balaban J connectivity index is 1.54. The zero-order valence-corrected chi connectivity index (χ0v) is 32.5. The Hall–Kier alpha value is -0.192. The number of carbonyl (C=O) groups is 2. The highest BCUT2D eigenvalue weighted by atomic mass is 28.3. The molecule has 3 rings (SSSR count). The molecule has 8 heteroatoms. The van der Waals surface area contributed by atoms with Gasteiger partial charge in [0.15, 0.2) is 0 Å². The number of hydrogen-bond donors (Lipinski definition) is 2. The Morgan fingerprint density at radius 3 is 0.850 bits per heavy atom. The summed E-state index contributed by atoms with van der Waals surface area (Å²) in [5, 5.41) is 7.11. The lowest BCUT2D eigenvalue weighted by atomic mass is 9.80. The summed E-state index contributed by atoms with van der Waals surface area (Å²) in [5.74, 6) is 0.725. The largest absolute Gasteiger partial charge is 0.353 e. The normalized spacial score (nSPS) is 34.7. The molecule has 0 aromatic carbocycles. The van der Waals surface area contributed by atoms with Crippen LogP contribution in [0, 0.1) is 11.8 Å². The lowest BCUT2D eigenvalue weighted by Gasteiger charge is -2.45. The second kappa shape index (κ2) is 12.8. The van der Waals surface area contributed by atoms with Gasteiger partial charge in [-0.3, -0.25) is 9.59 Å². The Bertz CT molecular complexity index is 759. The first-order chi connectivity index (χ1) is 18.1. The number of carbonyl (C=O) groups excluding carboxylic acids is 2. The van der Waals surface area contributed by atoms with Crippen molar-refractivity contribution in [3.05, 3.63) is 0 Å². The van der Waals surface area contributed by atoms with Gasteiger partial charge in [-0.1, -0.05) is 91.4 Å². The van der Waals surface area contributed by atoms with Crippen LogP contribution in [-0.2, 0) is 9.59 Å². The van der Waals surface area contributed by atoms with Gasteiger partial charge in [0.25, 0.3) is 0 Å². The fourth-order valence-corrected chi connectivity index (χ4v) is 16.4. The van der Waals surface area contributed by atoms with Gasteiger partial charge in [-0.15, -0.1) is 0 Å². The topological polar surface area (TPSA) is 58.2 Å². The van der Waals surface area contributed by atoms with E-state index in [0.29, 0.717) is 12.1 Å². The summed E-state index contributed by atoms with van der Waals surface area (Å²) >= 11 is 0. The standard InChI is InChI=1S/C32H66N2O2Si4/c1-37(2,3)27-17-25(18-28(21-27)38(4,5)6)33-31(35)23-13-15-24(16-14-23)32(36)34-26-19-29(39(7,8)9)22-30(20-26)40(10,11)12/h23-30H,13-22H2,1-12H3,(H,33,35)(H,34,36). The van der Waals surface area contributed by atoms with Crippen LogP contribution in [-0.4, -0.2) is 56.2 Å². The summed E-state index contributed by atoms with van der Waals surface area (Å²) in [6.07, 6.45) is 11.0. The zero-order valence-electron chi connectivity index (χ0n) is 28.5. The van der Waals surface area contributed by atoms with Crippen LogP contribution in [0.1, 0.15) is 64.2 Å². The van der Waals surface area contributed by atoms with Gasteiger partial charge in [0, 0.05) is 56.2 Å². The second-order valence-corrected chi connectivity index (χ2v) is 40.8. The quantitative estimate of drug-likeness (QED) is 0.266. The van der Waals surface area contributed by atoms with Crippen molar-refractivity contribution in [2.45, 2.75) is 177 Å². The van der Waals surface area contributed by atoms with E-state index >= 15 is 0 Å². The number of amides is 2. The van der Waals surface area contributed by atoms with Crippen molar-refractivity contribution in [1.29, 1.82) is 0 Å². The maximum absolute atomic E-state index is 13.5. The van der Waals surface area contributed by atoms with E-state index in [0.717, 1.165) is 47.8 Å². The fourth-order valence-electron chi connectivity index (χ4n) is 7.96. The van der Waals surface area contributed by atoms with E-state index < -0.39 is 32.3 Å². The molecule has 3 fully saturated rings. The van der Waals surface area contributed by atoms with Crippen molar-refractivity contribution in [1.82, 2.24) is 10.6 Å². The summed E-state index contributed by atoms with van der Waals surface area (Å²) in [6.45, 7) is 30.2. The number of rotatable bonds is 8. The molecule has 4 nitrogen and oxygen atoms in total. The average molecular weight is 623 g/mol. The Morgan fingerprint density at radius 1 is 0.425 bits per heavy atom. The molecule has 0 aromatic heterocycles. The lowest BCUT2D eigenvalue weighted by molar-refractivity contribution is -0.131. The molecule has 0 radical (unpaired) electrons. The second-order valence-electron chi connectivity index (χ2n) is 18.6. The third-order valence-electron chi connectivity index (χ3n) is 11.5. The third-order valence-corrected chi connectivity index (χ3v) is 23.2. The molecule has 3 aliphatic rings. The van der Waals surface area contributed by atoms with E-state index in [4.69, 9.17) is 0 Å². The fraction of sp³-hybridized carbons (Fsp3) is 0.938. The number of nitrogens with one attached hydrogen (secondary N) is 2. The smallest absolute Gasteiger partial charge is 0.223 e. The van der Waals surface area contributed by atoms with Crippen LogP contribution in [0.5, 0.6) is 0 Å². The van der Waals surface area contributed by atoms with Crippen LogP contribution in [0.3, 0.4) is 0 Å². The molecule has 0 aliphatic heterocycles. The molecule has 0 heterocycles. The van der Waals surface area contributed by atoms with Gasteiger partial charge < -0.3 is 10.6 Å². The molecular formula is C32H66N2O2Si4. The highest BCUT2D eigenvalue weighted by molar-refractivity contribution is 6.80. The van der Waals surface area contributed by atoms with Crippen molar-refractivity contribution in [2.75, 3.05) is 0 Å². The molecule has 3 aliphatic carbocycles. The van der Waals surface area contributed by atoms with E-state index in [1.54, 1.807) is 0 Å². The summed E-state index contributed by atoms with van der Waals surface area (Å²) < 4.78 is 0. The van der Waals surface area contributed by atoms with Crippen molar-refractivity contribution < 1.29 is 9.59 Å². The minimum Gasteiger partial charge on any atom is -0.353 e. The van der Waals surface area contributed by atoms with E-state index in [9.17, 15) is 9.59 Å². The molecule has 232 valence electrons. The predicted molar refractivity (Wildman–Crippen MR) is 185 cm³/mol. The van der Waals surface area contributed by atoms with Crippen molar-refractivity contribution in [3.63, 3.8) is 0 Å². The Kier molecular flexibility index (Phi) is 11.0. The molecule has 4 unspecified atom stereocenters. The van der Waals surface area contributed by atoms with Crippen LogP contribution in [0.2, 0.25) is 101 Å². The van der Waals surface area contributed by atoms with Crippen LogP contribution in [0.25, 0.3) is 0 Å². The van der Waals surface area contributed by atoms with Crippen LogP contribution in [0.4, 0.5) is 0 Å². The molecule has 0 saturated heterocycles. The summed E-state index contributed by atoms with van der Waals surface area (Å²) in [6, 6.07) is 0.696. The maximum atomic E-state index is 13.5. The van der Waals surface area contributed by atoms with Crippen molar-refractivity contribution in [2.24, 2.45) is 11.8 Å². The maximum Gasteiger partial charge on any atom is 0.223 e. The van der Waals surface area contributed by atoms with Gasteiger partial charge in [0.1, 0.15) is 0 Å². The first-order valence-electron chi connectivity index (χ1n) is 16.7. The zero-order chi connectivity index (χ0) is 30.3. The van der Waals surface area contributed by atoms with Crippen LogP contribution < -0.4 is 10.6 Å². The third kappa shape index (κ3) is 9.40. The average Bonchev–Trinajstić information content (AvgIpc) is 2.81. The predicted octanol–water partition coefficient (Wildman–Crippen LogP) is 8.96. The van der Waals surface area contributed by atoms with E-state index in [-0.39, 0.29) is 23.7 Å². The molecule has 0 bridgehead atoms. The molecule has 4 atom stereocenters. The highest BCUT2D eigenvalue weighted by Crippen LogP contribution is 2.48. The van der Waals surface area contributed by atoms with Crippen molar-refractivity contribution in [3.8, 4) is 0 Å². The van der Waals surface area contributed by atoms with Gasteiger partial charge in [0.05, 0.1) is 0 Å². The van der Waals surface area contributed by atoms with Gasteiger partial charge in [-0.2, -0.15) is 0 Å². The van der Waals surface area contributed by atoms with E-state index in [1.807, 2.05) is 0 Å². The highest BCUT2D eigenvalue weighted by Gasteiger charge is 2.43. The van der Waals surface area contributed by atoms with Crippen LogP contribution >= 0.6 is 0 Å². The number of hydrogen-bond acceptors (Lipinski definition) is 2. The van der Waals surface area contributed by atoms with Gasteiger partial charge >= 0.3 is 0 Å². The van der Waals surface area contributed by atoms with Crippen molar-refractivity contribution >= 4 is 44.1 Å². The lowest BCUT2D eigenvalue weighted by Crippen LogP contribution is -2.49. The molecule has 0 aromatic rings. The first kappa shape index (κ1) is 34.3. The summed E-state index contributed by atoms with van der Waals surface area (Å²) in [7, 11) is -5.00.